The molecule has 3 heterocycles. The maximum Gasteiger partial charge on any atom is 0.220 e. The summed E-state index contributed by atoms with van der Waals surface area (Å²) in [5, 5.41) is 2.86. The molecule has 2 aromatic rings. The molecule has 0 atom stereocenters. The number of hydrogen-bond donors (Lipinski definition) is 2. The summed E-state index contributed by atoms with van der Waals surface area (Å²) in [5.74, 6) is -0.0361. The second-order valence-corrected chi connectivity index (χ2v) is 6.94. The number of ether oxygens (including phenoxy) is 2. The van der Waals surface area contributed by atoms with Crippen LogP contribution in [0.15, 0.2) is 53.3 Å². The van der Waals surface area contributed by atoms with Crippen molar-refractivity contribution in [2.24, 2.45) is 12.0 Å². The first-order chi connectivity index (χ1) is 14.6. The van der Waals surface area contributed by atoms with Gasteiger partial charge in [0.15, 0.2) is 6.29 Å². The molecule has 0 aliphatic carbocycles. The van der Waals surface area contributed by atoms with Crippen molar-refractivity contribution in [3.05, 3.63) is 54.0 Å². The van der Waals surface area contributed by atoms with Crippen LogP contribution in [0.5, 0.6) is 0 Å². The molecule has 2 N–H and O–H groups in total. The molecule has 1 amide bonds. The van der Waals surface area contributed by atoms with Gasteiger partial charge in [-0.05, 0) is 62.8 Å². The van der Waals surface area contributed by atoms with Crippen molar-refractivity contribution in [1.29, 1.82) is 0 Å². The number of aromatic nitrogens is 2. The van der Waals surface area contributed by atoms with Crippen molar-refractivity contribution in [2.45, 2.75) is 33.0 Å². The average Bonchev–Trinajstić information content (AvgIpc) is 3.48. The molecule has 7 nitrogen and oxygen atoms in total. The Kier molecular flexibility index (Phi) is 7.82. The van der Waals surface area contributed by atoms with Gasteiger partial charge < -0.3 is 24.3 Å². The van der Waals surface area contributed by atoms with Crippen molar-refractivity contribution < 1.29 is 14.3 Å². The number of aliphatic imine (C=N–C) groups is 1. The number of carbonyl (C=O) groups is 1. The van der Waals surface area contributed by atoms with E-state index in [1.165, 1.54) is 0 Å². The minimum absolute atomic E-state index is 0.0361. The van der Waals surface area contributed by atoms with Crippen LogP contribution in [0.4, 0.5) is 0 Å². The minimum Gasteiger partial charge on any atom is -0.360 e. The molecule has 0 saturated carbocycles. The lowest BCUT2D eigenvalue weighted by Gasteiger charge is -2.17. The summed E-state index contributed by atoms with van der Waals surface area (Å²) in [6, 6.07) is 8.20. The zero-order chi connectivity index (χ0) is 21.3. The first-order valence-corrected chi connectivity index (χ1v) is 10.4. The summed E-state index contributed by atoms with van der Waals surface area (Å²) >= 11 is 0. The number of hydrogen-bond acceptors (Lipinski definition) is 4. The lowest BCUT2D eigenvalue weighted by molar-refractivity contribution is -0.140. The molecule has 3 rings (SSSR count). The van der Waals surface area contributed by atoms with Gasteiger partial charge in [-0.25, -0.2) is 0 Å². The van der Waals surface area contributed by atoms with Crippen molar-refractivity contribution in [2.75, 3.05) is 19.8 Å². The lowest BCUT2D eigenvalue weighted by atomic mass is 10.2. The van der Waals surface area contributed by atoms with Crippen LogP contribution in [0.3, 0.4) is 0 Å². The van der Waals surface area contributed by atoms with E-state index in [0.717, 1.165) is 28.5 Å². The van der Waals surface area contributed by atoms with E-state index in [-0.39, 0.29) is 5.91 Å². The van der Waals surface area contributed by atoms with E-state index in [2.05, 4.69) is 32.0 Å². The number of nitrogens with one attached hydrogen (secondary N) is 2. The third-order valence-electron chi connectivity index (χ3n) is 4.83. The van der Waals surface area contributed by atoms with E-state index in [4.69, 9.17) is 9.47 Å². The Bertz CT molecular complexity index is 916. The molecule has 0 saturated heterocycles. The SMILES string of the molecule is CCOC(CNC(=O)CCC1=N/C(=C\c2ccc(-c3ccc[nH]3)n2C)C=C1)OCC. The quantitative estimate of drug-likeness (QED) is 0.555. The molecule has 7 heteroatoms. The van der Waals surface area contributed by atoms with E-state index in [9.17, 15) is 4.79 Å². The van der Waals surface area contributed by atoms with Gasteiger partial charge in [-0.15, -0.1) is 0 Å². The lowest BCUT2D eigenvalue weighted by Crippen LogP contribution is -2.35. The maximum atomic E-state index is 12.1. The van der Waals surface area contributed by atoms with Gasteiger partial charge in [-0.3, -0.25) is 9.79 Å². The Hall–Kier alpha value is -2.90. The Morgan fingerprint density at radius 2 is 2.03 bits per heavy atom. The summed E-state index contributed by atoms with van der Waals surface area (Å²) in [4.78, 5) is 20.0. The topological polar surface area (TPSA) is 80.6 Å². The summed E-state index contributed by atoms with van der Waals surface area (Å²) < 4.78 is 13.0. The molecule has 0 unspecified atom stereocenters. The van der Waals surface area contributed by atoms with Gasteiger partial charge in [0.1, 0.15) is 0 Å². The molecule has 0 fully saturated rings. The molecule has 30 heavy (non-hydrogen) atoms. The first kappa shape index (κ1) is 21.8. The highest BCUT2D eigenvalue weighted by atomic mass is 16.7. The minimum atomic E-state index is -0.400. The van der Waals surface area contributed by atoms with Gasteiger partial charge in [-0.1, -0.05) is 0 Å². The predicted molar refractivity (Wildman–Crippen MR) is 119 cm³/mol. The van der Waals surface area contributed by atoms with Crippen LogP contribution in [-0.4, -0.2) is 47.2 Å². The Morgan fingerprint density at radius 1 is 1.23 bits per heavy atom. The number of amides is 1. The molecule has 0 aromatic carbocycles. The highest BCUT2D eigenvalue weighted by Crippen LogP contribution is 2.23. The summed E-state index contributed by atoms with van der Waals surface area (Å²) in [7, 11) is 2.04. The highest BCUT2D eigenvalue weighted by molar-refractivity contribution is 6.00. The molecule has 1 aliphatic heterocycles. The molecule has 0 radical (unpaired) electrons. The fourth-order valence-corrected chi connectivity index (χ4v) is 3.29. The number of nitrogens with zero attached hydrogens (tertiary/aromatic N) is 2. The monoisotopic (exact) mass is 410 g/mol. The molecular weight excluding hydrogens is 380 g/mol. The van der Waals surface area contributed by atoms with Crippen molar-refractivity contribution in [3.63, 3.8) is 0 Å². The standard InChI is InChI=1S/C23H30N4O3/c1-4-29-23(30-5-2)16-25-22(28)13-10-17-8-9-18(26-17)15-19-11-12-21(27(19)3)20-7-6-14-24-20/h6-9,11-12,14-15,23-24H,4-5,10,13,16H2,1-3H3,(H,25,28)/b18-15-. The van der Waals surface area contributed by atoms with Crippen molar-refractivity contribution in [3.8, 4) is 11.4 Å². The average molecular weight is 411 g/mol. The van der Waals surface area contributed by atoms with Crippen LogP contribution in [-0.2, 0) is 21.3 Å². The third kappa shape index (κ3) is 5.81. The Balaban J connectivity index is 1.52. The highest BCUT2D eigenvalue weighted by Gasteiger charge is 2.12. The van der Waals surface area contributed by atoms with E-state index >= 15 is 0 Å². The summed E-state index contributed by atoms with van der Waals surface area (Å²) in [6.07, 6.45) is 8.48. The summed E-state index contributed by atoms with van der Waals surface area (Å²) in [6.45, 7) is 5.25. The van der Waals surface area contributed by atoms with Crippen molar-refractivity contribution >= 4 is 17.7 Å². The third-order valence-corrected chi connectivity index (χ3v) is 4.83. The molecule has 160 valence electrons. The Labute approximate surface area is 177 Å². The van der Waals surface area contributed by atoms with Crippen LogP contribution in [0.25, 0.3) is 17.5 Å². The largest absolute Gasteiger partial charge is 0.360 e. The van der Waals surface area contributed by atoms with E-state index in [1.807, 2.05) is 57.5 Å². The van der Waals surface area contributed by atoms with Crippen LogP contribution >= 0.6 is 0 Å². The van der Waals surface area contributed by atoms with E-state index in [1.54, 1.807) is 0 Å². The molecule has 0 bridgehead atoms. The number of rotatable bonds is 11. The van der Waals surface area contributed by atoms with Gasteiger partial charge in [0, 0.05) is 44.3 Å². The van der Waals surface area contributed by atoms with Gasteiger partial charge in [0.2, 0.25) is 5.91 Å². The number of allylic oxidation sites excluding steroid dienone is 2. The van der Waals surface area contributed by atoms with Crippen LogP contribution in [0.1, 0.15) is 32.4 Å². The second kappa shape index (κ2) is 10.8. The van der Waals surface area contributed by atoms with Crippen LogP contribution in [0.2, 0.25) is 0 Å². The molecule has 1 aliphatic rings. The van der Waals surface area contributed by atoms with E-state index in [0.29, 0.717) is 32.6 Å². The van der Waals surface area contributed by atoms with Gasteiger partial charge in [-0.2, -0.15) is 0 Å². The molecule has 2 aromatic heterocycles. The Morgan fingerprint density at radius 3 is 2.73 bits per heavy atom. The smallest absolute Gasteiger partial charge is 0.220 e. The number of carbonyl (C=O) groups excluding carboxylic acids is 1. The zero-order valence-electron chi connectivity index (χ0n) is 17.9. The van der Waals surface area contributed by atoms with Crippen LogP contribution < -0.4 is 5.32 Å². The number of H-pyrrole nitrogens is 1. The molecular formula is C23H30N4O3. The zero-order valence-corrected chi connectivity index (χ0v) is 17.9. The number of aromatic amines is 1. The summed E-state index contributed by atoms with van der Waals surface area (Å²) in [5.41, 5.74) is 5.06. The van der Waals surface area contributed by atoms with Crippen molar-refractivity contribution in [1.82, 2.24) is 14.9 Å². The fraction of sp³-hybridized carbons (Fsp3) is 0.391. The maximum absolute atomic E-state index is 12.1. The van der Waals surface area contributed by atoms with Gasteiger partial charge in [0.05, 0.1) is 23.6 Å². The van der Waals surface area contributed by atoms with Gasteiger partial charge in [0.25, 0.3) is 0 Å². The van der Waals surface area contributed by atoms with Gasteiger partial charge >= 0.3 is 0 Å². The second-order valence-electron chi connectivity index (χ2n) is 6.94. The molecule has 0 spiro atoms. The normalized spacial score (nSPS) is 14.7. The van der Waals surface area contributed by atoms with E-state index < -0.39 is 6.29 Å². The fourth-order valence-electron chi connectivity index (χ4n) is 3.29. The van der Waals surface area contributed by atoms with Crippen LogP contribution in [0, 0.1) is 0 Å². The first-order valence-electron chi connectivity index (χ1n) is 10.4. The predicted octanol–water partition coefficient (Wildman–Crippen LogP) is 3.67.